The van der Waals surface area contributed by atoms with E-state index in [1.807, 2.05) is 24.3 Å². The SMILES string of the molecule is COC1CCN(S(=O)(=O)N[C@@H]2C[C@H]2c2cccc(Cl)c2)CC1. The van der Waals surface area contributed by atoms with Crippen LogP contribution in [0.2, 0.25) is 5.02 Å². The zero-order valence-electron chi connectivity index (χ0n) is 12.5. The van der Waals surface area contributed by atoms with Crippen LogP contribution in [-0.4, -0.2) is 45.1 Å². The van der Waals surface area contributed by atoms with Crippen LogP contribution in [-0.2, 0) is 14.9 Å². The lowest BCUT2D eigenvalue weighted by Crippen LogP contribution is -2.47. The highest BCUT2D eigenvalue weighted by Crippen LogP contribution is 2.42. The molecule has 1 aromatic rings. The van der Waals surface area contributed by atoms with E-state index in [9.17, 15) is 8.42 Å². The summed E-state index contributed by atoms with van der Waals surface area (Å²) in [5, 5.41) is 0.688. The van der Waals surface area contributed by atoms with E-state index in [0.717, 1.165) is 24.8 Å². The zero-order chi connectivity index (χ0) is 15.7. The lowest BCUT2D eigenvalue weighted by molar-refractivity contribution is 0.0602. The second-order valence-electron chi connectivity index (χ2n) is 5.96. The van der Waals surface area contributed by atoms with E-state index >= 15 is 0 Å². The molecule has 1 saturated carbocycles. The Morgan fingerprint density at radius 1 is 1.32 bits per heavy atom. The maximum absolute atomic E-state index is 12.4. The predicted octanol–water partition coefficient (Wildman–Crippen LogP) is 2.14. The fraction of sp³-hybridized carbons (Fsp3) is 0.600. The van der Waals surface area contributed by atoms with Gasteiger partial charge in [0.1, 0.15) is 0 Å². The standard InChI is InChI=1S/C15H21ClN2O3S/c1-21-13-5-7-18(8-6-13)22(19,20)17-15-10-14(15)11-3-2-4-12(16)9-11/h2-4,9,13-15,17H,5-8,10H2,1H3/t14-,15+/m0/s1. The molecule has 3 rings (SSSR count). The summed E-state index contributed by atoms with van der Waals surface area (Å²) in [6, 6.07) is 7.60. The minimum Gasteiger partial charge on any atom is -0.381 e. The van der Waals surface area contributed by atoms with E-state index in [-0.39, 0.29) is 18.1 Å². The quantitative estimate of drug-likeness (QED) is 0.890. The fourth-order valence-electron chi connectivity index (χ4n) is 3.00. The molecule has 2 fully saturated rings. The van der Waals surface area contributed by atoms with Crippen LogP contribution in [0.25, 0.3) is 0 Å². The van der Waals surface area contributed by atoms with Crippen LogP contribution in [0.3, 0.4) is 0 Å². The second kappa shape index (κ2) is 6.45. The summed E-state index contributed by atoms with van der Waals surface area (Å²) in [5.41, 5.74) is 1.10. The Balaban J connectivity index is 1.57. The highest BCUT2D eigenvalue weighted by atomic mass is 35.5. The van der Waals surface area contributed by atoms with Crippen LogP contribution < -0.4 is 4.72 Å². The third kappa shape index (κ3) is 3.63. The number of rotatable bonds is 5. The number of halogens is 1. The number of hydrogen-bond donors (Lipinski definition) is 1. The fourth-order valence-corrected chi connectivity index (χ4v) is 4.69. The molecule has 7 heteroatoms. The van der Waals surface area contributed by atoms with Crippen molar-refractivity contribution >= 4 is 21.8 Å². The summed E-state index contributed by atoms with van der Waals surface area (Å²) >= 11 is 5.99. The predicted molar refractivity (Wildman–Crippen MR) is 86.3 cm³/mol. The molecule has 1 aliphatic carbocycles. The summed E-state index contributed by atoms with van der Waals surface area (Å²) in [7, 11) is -1.73. The molecule has 1 heterocycles. The van der Waals surface area contributed by atoms with Gasteiger partial charge in [-0.25, -0.2) is 0 Å². The Bertz CT molecular complexity index is 629. The van der Waals surface area contributed by atoms with Gasteiger partial charge in [0.2, 0.25) is 0 Å². The first-order valence-corrected chi connectivity index (χ1v) is 9.37. The van der Waals surface area contributed by atoms with Crippen molar-refractivity contribution < 1.29 is 13.2 Å². The maximum atomic E-state index is 12.4. The Hall–Kier alpha value is -0.660. The minimum absolute atomic E-state index is 0.0244. The Kier molecular flexibility index (Phi) is 4.75. The average molecular weight is 345 g/mol. The average Bonchev–Trinajstić information content (AvgIpc) is 3.26. The molecule has 2 atom stereocenters. The van der Waals surface area contributed by atoms with Gasteiger partial charge in [0.15, 0.2) is 0 Å². The molecule has 0 amide bonds. The van der Waals surface area contributed by atoms with E-state index in [0.29, 0.717) is 18.1 Å². The molecule has 1 aliphatic heterocycles. The number of nitrogens with one attached hydrogen (secondary N) is 1. The van der Waals surface area contributed by atoms with Gasteiger partial charge in [-0.15, -0.1) is 0 Å². The van der Waals surface area contributed by atoms with Gasteiger partial charge in [-0.05, 0) is 37.0 Å². The third-order valence-corrected chi connectivity index (χ3v) is 6.32. The van der Waals surface area contributed by atoms with Crippen LogP contribution in [0, 0.1) is 0 Å². The number of ether oxygens (including phenoxy) is 1. The van der Waals surface area contributed by atoms with Crippen LogP contribution in [0.15, 0.2) is 24.3 Å². The third-order valence-electron chi connectivity index (χ3n) is 4.44. The number of methoxy groups -OCH3 is 1. The van der Waals surface area contributed by atoms with Gasteiger partial charge >= 0.3 is 0 Å². The van der Waals surface area contributed by atoms with E-state index < -0.39 is 10.2 Å². The van der Waals surface area contributed by atoms with Gasteiger partial charge in [0.05, 0.1) is 6.10 Å². The smallest absolute Gasteiger partial charge is 0.279 e. The number of benzene rings is 1. The highest BCUT2D eigenvalue weighted by molar-refractivity contribution is 7.87. The molecular weight excluding hydrogens is 324 g/mol. The van der Waals surface area contributed by atoms with Crippen LogP contribution in [0.1, 0.15) is 30.7 Å². The molecular formula is C15H21ClN2O3S. The molecule has 0 aromatic heterocycles. The first kappa shape index (κ1) is 16.2. The van der Waals surface area contributed by atoms with Crippen molar-refractivity contribution in [3.8, 4) is 0 Å². The maximum Gasteiger partial charge on any atom is 0.279 e. The molecule has 1 aromatic carbocycles. The van der Waals surface area contributed by atoms with E-state index in [2.05, 4.69) is 4.72 Å². The summed E-state index contributed by atoms with van der Waals surface area (Å²) in [6.07, 6.45) is 2.50. The molecule has 22 heavy (non-hydrogen) atoms. The number of piperidine rings is 1. The molecule has 2 aliphatic rings. The second-order valence-corrected chi connectivity index (χ2v) is 8.10. The monoisotopic (exact) mass is 344 g/mol. The summed E-state index contributed by atoms with van der Waals surface area (Å²) < 4.78 is 34.5. The molecule has 0 radical (unpaired) electrons. The lowest BCUT2D eigenvalue weighted by atomic mass is 10.1. The summed E-state index contributed by atoms with van der Waals surface area (Å²) in [6.45, 7) is 1.03. The van der Waals surface area contributed by atoms with Gasteiger partial charge in [-0.1, -0.05) is 23.7 Å². The Morgan fingerprint density at radius 3 is 2.68 bits per heavy atom. The summed E-state index contributed by atoms with van der Waals surface area (Å²) in [5.74, 6) is 0.227. The molecule has 1 N–H and O–H groups in total. The normalized spacial score (nSPS) is 27.0. The van der Waals surface area contributed by atoms with Crippen molar-refractivity contribution in [3.63, 3.8) is 0 Å². The molecule has 122 valence electrons. The Morgan fingerprint density at radius 2 is 2.05 bits per heavy atom. The molecule has 5 nitrogen and oxygen atoms in total. The van der Waals surface area contributed by atoms with Gasteiger partial charge in [-0.3, -0.25) is 0 Å². The summed E-state index contributed by atoms with van der Waals surface area (Å²) in [4.78, 5) is 0. The van der Waals surface area contributed by atoms with Crippen LogP contribution in [0.5, 0.6) is 0 Å². The van der Waals surface area contributed by atoms with Gasteiger partial charge in [0, 0.05) is 37.2 Å². The highest BCUT2D eigenvalue weighted by Gasteiger charge is 2.42. The largest absolute Gasteiger partial charge is 0.381 e. The van der Waals surface area contributed by atoms with Gasteiger partial charge in [0.25, 0.3) is 10.2 Å². The Labute approximate surface area is 136 Å². The van der Waals surface area contributed by atoms with E-state index in [1.165, 1.54) is 4.31 Å². The topological polar surface area (TPSA) is 58.6 Å². The number of nitrogens with zero attached hydrogens (tertiary/aromatic N) is 1. The number of hydrogen-bond acceptors (Lipinski definition) is 3. The van der Waals surface area contributed by atoms with E-state index in [1.54, 1.807) is 7.11 Å². The lowest BCUT2D eigenvalue weighted by Gasteiger charge is -2.30. The van der Waals surface area contributed by atoms with Crippen molar-refractivity contribution in [1.29, 1.82) is 0 Å². The van der Waals surface area contributed by atoms with E-state index in [4.69, 9.17) is 16.3 Å². The minimum atomic E-state index is -3.41. The van der Waals surface area contributed by atoms with Crippen LogP contribution in [0.4, 0.5) is 0 Å². The molecule has 0 spiro atoms. The van der Waals surface area contributed by atoms with Crippen LogP contribution >= 0.6 is 11.6 Å². The first-order valence-electron chi connectivity index (χ1n) is 7.55. The van der Waals surface area contributed by atoms with Gasteiger partial charge < -0.3 is 4.74 Å². The molecule has 0 bridgehead atoms. The van der Waals surface area contributed by atoms with Crippen molar-refractivity contribution in [1.82, 2.24) is 9.03 Å². The van der Waals surface area contributed by atoms with Crippen molar-refractivity contribution in [2.24, 2.45) is 0 Å². The van der Waals surface area contributed by atoms with Crippen molar-refractivity contribution in [2.75, 3.05) is 20.2 Å². The van der Waals surface area contributed by atoms with Crippen molar-refractivity contribution in [3.05, 3.63) is 34.9 Å². The van der Waals surface area contributed by atoms with Gasteiger partial charge in [-0.2, -0.15) is 17.4 Å². The molecule has 0 unspecified atom stereocenters. The first-order chi connectivity index (χ1) is 10.5. The molecule has 1 saturated heterocycles. The van der Waals surface area contributed by atoms with Crippen molar-refractivity contribution in [2.45, 2.75) is 37.3 Å². The zero-order valence-corrected chi connectivity index (χ0v) is 14.1.